The fraction of sp³-hybridized carbons (Fsp3) is 0.500. The average molecular weight is 195 g/mol. The minimum Gasteiger partial charge on any atom is -0.330 e. The van der Waals surface area contributed by atoms with Gasteiger partial charge < -0.3 is 5.73 Å². The molecule has 0 bridgehead atoms. The quantitative estimate of drug-likeness (QED) is 0.785. The maximum Gasteiger partial charge on any atom is 0.123 e. The molecule has 0 fully saturated rings. The molecular formula is C12H18FN. The van der Waals surface area contributed by atoms with Crippen LogP contribution in [0.15, 0.2) is 24.3 Å². The van der Waals surface area contributed by atoms with E-state index >= 15 is 0 Å². The number of hydrogen-bond donors (Lipinski definition) is 1. The molecule has 0 aromatic heterocycles. The molecule has 0 radical (unpaired) electrons. The zero-order valence-corrected chi connectivity index (χ0v) is 8.83. The third-order valence-electron chi connectivity index (χ3n) is 2.63. The van der Waals surface area contributed by atoms with Crippen molar-refractivity contribution in [3.8, 4) is 0 Å². The van der Waals surface area contributed by atoms with E-state index in [4.69, 9.17) is 5.73 Å². The largest absolute Gasteiger partial charge is 0.330 e. The molecule has 14 heavy (non-hydrogen) atoms. The lowest BCUT2D eigenvalue weighted by molar-refractivity contribution is 0.391. The fourth-order valence-electron chi connectivity index (χ4n) is 1.56. The summed E-state index contributed by atoms with van der Waals surface area (Å²) in [6.45, 7) is 4.96. The molecule has 2 N–H and O–H groups in total. The highest BCUT2D eigenvalue weighted by atomic mass is 19.1. The van der Waals surface area contributed by atoms with Crippen molar-refractivity contribution in [2.24, 2.45) is 17.6 Å². The van der Waals surface area contributed by atoms with Crippen LogP contribution in [-0.4, -0.2) is 6.54 Å². The van der Waals surface area contributed by atoms with E-state index in [1.807, 2.05) is 6.07 Å². The van der Waals surface area contributed by atoms with Gasteiger partial charge in [-0.1, -0.05) is 26.0 Å². The van der Waals surface area contributed by atoms with Crippen molar-refractivity contribution in [1.29, 1.82) is 0 Å². The highest BCUT2D eigenvalue weighted by molar-refractivity contribution is 5.17. The van der Waals surface area contributed by atoms with Gasteiger partial charge in [0.25, 0.3) is 0 Å². The highest BCUT2D eigenvalue weighted by Gasteiger charge is 2.12. The molecule has 0 spiro atoms. The molecule has 0 saturated heterocycles. The van der Waals surface area contributed by atoms with Crippen LogP contribution < -0.4 is 5.73 Å². The van der Waals surface area contributed by atoms with Crippen LogP contribution in [0.2, 0.25) is 0 Å². The first-order valence-electron chi connectivity index (χ1n) is 5.08. The van der Waals surface area contributed by atoms with Gasteiger partial charge in [0.05, 0.1) is 0 Å². The summed E-state index contributed by atoms with van der Waals surface area (Å²) in [4.78, 5) is 0. The molecule has 78 valence electrons. The van der Waals surface area contributed by atoms with Crippen molar-refractivity contribution in [1.82, 2.24) is 0 Å². The molecule has 1 atom stereocenters. The third-order valence-corrected chi connectivity index (χ3v) is 2.63. The zero-order valence-electron chi connectivity index (χ0n) is 8.83. The Kier molecular flexibility index (Phi) is 4.08. The van der Waals surface area contributed by atoms with E-state index in [2.05, 4.69) is 13.8 Å². The first-order valence-corrected chi connectivity index (χ1v) is 5.08. The third kappa shape index (κ3) is 3.11. The maximum absolute atomic E-state index is 12.9. The minimum atomic E-state index is -0.165. The van der Waals surface area contributed by atoms with Gasteiger partial charge in [-0.15, -0.1) is 0 Å². The van der Waals surface area contributed by atoms with Gasteiger partial charge in [-0.3, -0.25) is 0 Å². The van der Waals surface area contributed by atoms with E-state index in [1.54, 1.807) is 12.1 Å². The molecule has 1 rings (SSSR count). The Hall–Kier alpha value is -0.890. The molecule has 0 aliphatic heterocycles. The second-order valence-electron chi connectivity index (χ2n) is 4.07. The number of benzene rings is 1. The van der Waals surface area contributed by atoms with E-state index in [-0.39, 0.29) is 5.82 Å². The molecule has 1 aromatic rings. The first-order chi connectivity index (χ1) is 6.63. The molecule has 0 amide bonds. The summed E-state index contributed by atoms with van der Waals surface area (Å²) in [5.41, 5.74) is 6.70. The molecule has 0 aliphatic rings. The van der Waals surface area contributed by atoms with Crippen LogP contribution >= 0.6 is 0 Å². The number of hydrogen-bond acceptors (Lipinski definition) is 1. The van der Waals surface area contributed by atoms with E-state index in [9.17, 15) is 4.39 Å². The van der Waals surface area contributed by atoms with Crippen molar-refractivity contribution < 1.29 is 4.39 Å². The molecule has 0 heterocycles. The van der Waals surface area contributed by atoms with Crippen LogP contribution in [0, 0.1) is 17.7 Å². The van der Waals surface area contributed by atoms with Crippen molar-refractivity contribution in [3.63, 3.8) is 0 Å². The van der Waals surface area contributed by atoms with Crippen LogP contribution in [0.5, 0.6) is 0 Å². The second kappa shape index (κ2) is 5.11. The van der Waals surface area contributed by atoms with Crippen molar-refractivity contribution in [2.45, 2.75) is 20.3 Å². The summed E-state index contributed by atoms with van der Waals surface area (Å²) < 4.78 is 12.9. The van der Waals surface area contributed by atoms with Gasteiger partial charge in [-0.2, -0.15) is 0 Å². The van der Waals surface area contributed by atoms with Gasteiger partial charge in [0.1, 0.15) is 5.82 Å². The average Bonchev–Trinajstić information content (AvgIpc) is 2.14. The van der Waals surface area contributed by atoms with Crippen molar-refractivity contribution in [3.05, 3.63) is 35.6 Å². The maximum atomic E-state index is 12.9. The monoisotopic (exact) mass is 195 g/mol. The highest BCUT2D eigenvalue weighted by Crippen LogP contribution is 2.16. The van der Waals surface area contributed by atoms with Crippen molar-refractivity contribution in [2.75, 3.05) is 6.54 Å². The zero-order chi connectivity index (χ0) is 10.6. The predicted octanol–water partition coefficient (Wildman–Crippen LogP) is 2.60. The Morgan fingerprint density at radius 2 is 2.07 bits per heavy atom. The first kappa shape index (κ1) is 11.2. The summed E-state index contributed by atoms with van der Waals surface area (Å²) in [6.07, 6.45) is 0.867. The van der Waals surface area contributed by atoms with E-state index in [0.717, 1.165) is 12.0 Å². The standard InChI is InChI=1S/C12H18FN/c1-9(2)11(8-14)6-10-4-3-5-12(13)7-10/h3-5,7,9,11H,6,8,14H2,1-2H3. The predicted molar refractivity (Wildman–Crippen MR) is 57.5 cm³/mol. The molecule has 1 aromatic carbocycles. The topological polar surface area (TPSA) is 26.0 Å². The van der Waals surface area contributed by atoms with Crippen molar-refractivity contribution >= 4 is 0 Å². The van der Waals surface area contributed by atoms with Crippen LogP contribution in [0.1, 0.15) is 19.4 Å². The molecular weight excluding hydrogens is 177 g/mol. The van der Waals surface area contributed by atoms with Crippen LogP contribution in [0.4, 0.5) is 4.39 Å². The van der Waals surface area contributed by atoms with E-state index in [0.29, 0.717) is 18.4 Å². The normalized spacial score (nSPS) is 13.2. The van der Waals surface area contributed by atoms with Crippen LogP contribution in [0.3, 0.4) is 0 Å². The second-order valence-corrected chi connectivity index (χ2v) is 4.07. The summed E-state index contributed by atoms with van der Waals surface area (Å²) in [5, 5.41) is 0. The number of rotatable bonds is 4. The van der Waals surface area contributed by atoms with E-state index in [1.165, 1.54) is 6.07 Å². The lowest BCUT2D eigenvalue weighted by Gasteiger charge is -2.18. The summed E-state index contributed by atoms with van der Waals surface area (Å²) in [5.74, 6) is 0.821. The molecule has 1 unspecified atom stereocenters. The van der Waals surface area contributed by atoms with Crippen LogP contribution in [0.25, 0.3) is 0 Å². The molecule has 0 saturated carbocycles. The summed E-state index contributed by atoms with van der Waals surface area (Å²) in [7, 11) is 0. The van der Waals surface area contributed by atoms with Gasteiger partial charge in [0.2, 0.25) is 0 Å². The summed E-state index contributed by atoms with van der Waals surface area (Å²) >= 11 is 0. The lowest BCUT2D eigenvalue weighted by Crippen LogP contribution is -2.22. The molecule has 2 heteroatoms. The van der Waals surface area contributed by atoms with Gasteiger partial charge in [-0.25, -0.2) is 4.39 Å². The smallest absolute Gasteiger partial charge is 0.123 e. The number of nitrogens with two attached hydrogens (primary N) is 1. The van der Waals surface area contributed by atoms with E-state index < -0.39 is 0 Å². The summed E-state index contributed by atoms with van der Waals surface area (Å²) in [6, 6.07) is 6.76. The Bertz CT molecular complexity index is 283. The van der Waals surface area contributed by atoms with Gasteiger partial charge in [-0.05, 0) is 42.5 Å². The van der Waals surface area contributed by atoms with Gasteiger partial charge in [0, 0.05) is 0 Å². The van der Waals surface area contributed by atoms with Gasteiger partial charge >= 0.3 is 0 Å². The minimum absolute atomic E-state index is 0.165. The fourth-order valence-corrected chi connectivity index (χ4v) is 1.56. The Morgan fingerprint density at radius 3 is 2.57 bits per heavy atom. The Morgan fingerprint density at radius 1 is 1.36 bits per heavy atom. The molecule has 0 aliphatic carbocycles. The molecule has 1 nitrogen and oxygen atoms in total. The van der Waals surface area contributed by atoms with Crippen LogP contribution in [-0.2, 0) is 6.42 Å². The van der Waals surface area contributed by atoms with Gasteiger partial charge in [0.15, 0.2) is 0 Å². The SMILES string of the molecule is CC(C)C(CN)Cc1cccc(F)c1. The Labute approximate surface area is 85.1 Å². The Balaban J connectivity index is 2.67. The lowest BCUT2D eigenvalue weighted by atomic mass is 9.89. The number of halogens is 1.